The van der Waals surface area contributed by atoms with Gasteiger partial charge in [0, 0.05) is 38.8 Å². The molecule has 1 N–H and O–H groups in total. The monoisotopic (exact) mass is 368 g/mol. The molecule has 8 heteroatoms. The molecule has 142 valence electrons. The standard InChI is InChI=1S/C19H24N6O2/c26-25(27)17-13-20-19(22-18(17)21-16-7-8-16)24-10-4-9-23(11-12-24)14-15-5-2-1-3-6-15/h1-3,5-6,13,16H,4,7-12,14H2,(H,20,21,22). The van der Waals surface area contributed by atoms with Crippen molar-refractivity contribution in [3.05, 3.63) is 52.2 Å². The van der Waals surface area contributed by atoms with E-state index in [1.807, 2.05) is 6.07 Å². The summed E-state index contributed by atoms with van der Waals surface area (Å²) in [6, 6.07) is 10.8. The zero-order valence-electron chi connectivity index (χ0n) is 15.3. The number of hydrogen-bond acceptors (Lipinski definition) is 7. The van der Waals surface area contributed by atoms with E-state index in [0.29, 0.717) is 17.8 Å². The lowest BCUT2D eigenvalue weighted by molar-refractivity contribution is -0.384. The fourth-order valence-corrected chi connectivity index (χ4v) is 3.35. The molecule has 1 saturated heterocycles. The van der Waals surface area contributed by atoms with Gasteiger partial charge in [0.15, 0.2) is 0 Å². The summed E-state index contributed by atoms with van der Waals surface area (Å²) >= 11 is 0. The predicted octanol–water partition coefficient (Wildman–Crippen LogP) is 2.67. The molecule has 2 aliphatic rings. The summed E-state index contributed by atoms with van der Waals surface area (Å²) in [6.07, 6.45) is 4.42. The Kier molecular flexibility index (Phi) is 5.15. The minimum Gasteiger partial charge on any atom is -0.361 e. The summed E-state index contributed by atoms with van der Waals surface area (Å²) in [7, 11) is 0. The summed E-state index contributed by atoms with van der Waals surface area (Å²) in [5.41, 5.74) is 1.26. The van der Waals surface area contributed by atoms with Gasteiger partial charge in [-0.3, -0.25) is 15.0 Å². The number of aromatic nitrogens is 2. The van der Waals surface area contributed by atoms with E-state index < -0.39 is 4.92 Å². The highest BCUT2D eigenvalue weighted by atomic mass is 16.6. The first-order valence-electron chi connectivity index (χ1n) is 9.48. The normalized spacial score (nSPS) is 18.1. The molecule has 0 bridgehead atoms. The molecule has 8 nitrogen and oxygen atoms in total. The minimum absolute atomic E-state index is 0.0498. The predicted molar refractivity (Wildman–Crippen MR) is 104 cm³/mol. The van der Waals surface area contributed by atoms with Crippen LogP contribution in [-0.4, -0.2) is 52.0 Å². The third-order valence-corrected chi connectivity index (χ3v) is 4.99. The van der Waals surface area contributed by atoms with Crippen LogP contribution in [0, 0.1) is 10.1 Å². The molecule has 0 atom stereocenters. The Balaban J connectivity index is 1.44. The van der Waals surface area contributed by atoms with E-state index in [2.05, 4.69) is 49.4 Å². The zero-order chi connectivity index (χ0) is 18.6. The van der Waals surface area contributed by atoms with Gasteiger partial charge in [0.05, 0.1) is 4.92 Å². The van der Waals surface area contributed by atoms with E-state index in [-0.39, 0.29) is 5.69 Å². The molecule has 0 spiro atoms. The average molecular weight is 368 g/mol. The first kappa shape index (κ1) is 17.7. The number of benzene rings is 1. The third-order valence-electron chi connectivity index (χ3n) is 4.99. The van der Waals surface area contributed by atoms with Gasteiger partial charge < -0.3 is 10.2 Å². The Morgan fingerprint density at radius 3 is 2.70 bits per heavy atom. The molecule has 0 radical (unpaired) electrons. The number of nitro groups is 1. The lowest BCUT2D eigenvalue weighted by atomic mass is 10.2. The molecule has 27 heavy (non-hydrogen) atoms. The van der Waals surface area contributed by atoms with Crippen molar-refractivity contribution >= 4 is 17.5 Å². The molecule has 1 aliphatic carbocycles. The average Bonchev–Trinajstić information content (AvgIpc) is 3.50. The quantitative estimate of drug-likeness (QED) is 0.619. The summed E-state index contributed by atoms with van der Waals surface area (Å²) in [5.74, 6) is 0.920. The molecule has 0 amide bonds. The minimum atomic E-state index is -0.418. The van der Waals surface area contributed by atoms with E-state index in [1.54, 1.807) is 0 Å². The lowest BCUT2D eigenvalue weighted by Gasteiger charge is -2.22. The summed E-state index contributed by atoms with van der Waals surface area (Å²) < 4.78 is 0. The van der Waals surface area contributed by atoms with E-state index in [9.17, 15) is 10.1 Å². The molecule has 2 aromatic rings. The highest BCUT2D eigenvalue weighted by Crippen LogP contribution is 2.30. The second-order valence-corrected chi connectivity index (χ2v) is 7.18. The molecule has 2 heterocycles. The Morgan fingerprint density at radius 2 is 1.96 bits per heavy atom. The van der Waals surface area contributed by atoms with Crippen molar-refractivity contribution in [3.8, 4) is 0 Å². The van der Waals surface area contributed by atoms with Gasteiger partial charge in [-0.25, -0.2) is 4.98 Å². The van der Waals surface area contributed by atoms with Crippen LogP contribution in [-0.2, 0) is 6.54 Å². The highest BCUT2D eigenvalue weighted by Gasteiger charge is 2.27. The Labute approximate surface area is 158 Å². The third kappa shape index (κ3) is 4.51. The van der Waals surface area contributed by atoms with Crippen molar-refractivity contribution in [1.29, 1.82) is 0 Å². The second kappa shape index (κ2) is 7.87. The van der Waals surface area contributed by atoms with Crippen molar-refractivity contribution < 1.29 is 4.92 Å². The molecule has 1 aromatic carbocycles. The zero-order valence-corrected chi connectivity index (χ0v) is 15.3. The van der Waals surface area contributed by atoms with Gasteiger partial charge in [-0.15, -0.1) is 0 Å². The van der Waals surface area contributed by atoms with Crippen LogP contribution in [0.15, 0.2) is 36.5 Å². The highest BCUT2D eigenvalue weighted by molar-refractivity contribution is 5.58. The Bertz CT molecular complexity index is 796. The van der Waals surface area contributed by atoms with Crippen molar-refractivity contribution in [2.45, 2.75) is 31.8 Å². The topological polar surface area (TPSA) is 87.4 Å². The van der Waals surface area contributed by atoms with Gasteiger partial charge in [-0.2, -0.15) is 4.98 Å². The van der Waals surface area contributed by atoms with Crippen LogP contribution in [0.25, 0.3) is 0 Å². The van der Waals surface area contributed by atoms with Crippen molar-refractivity contribution in [3.63, 3.8) is 0 Å². The van der Waals surface area contributed by atoms with Crippen LogP contribution < -0.4 is 10.2 Å². The number of nitrogens with zero attached hydrogens (tertiary/aromatic N) is 5. The molecule has 1 aromatic heterocycles. The second-order valence-electron chi connectivity index (χ2n) is 7.18. The van der Waals surface area contributed by atoms with Crippen molar-refractivity contribution in [2.75, 3.05) is 36.4 Å². The number of rotatable bonds is 6. The molecule has 0 unspecified atom stereocenters. The van der Waals surface area contributed by atoms with Gasteiger partial charge in [-0.1, -0.05) is 30.3 Å². The fourth-order valence-electron chi connectivity index (χ4n) is 3.35. The number of anilines is 2. The van der Waals surface area contributed by atoms with E-state index >= 15 is 0 Å². The summed E-state index contributed by atoms with van der Waals surface area (Å²) in [6.45, 7) is 4.54. The van der Waals surface area contributed by atoms with Crippen LogP contribution in [0.3, 0.4) is 0 Å². The van der Waals surface area contributed by atoms with Gasteiger partial charge in [-0.05, 0) is 24.8 Å². The van der Waals surface area contributed by atoms with Gasteiger partial charge in [0.1, 0.15) is 6.20 Å². The summed E-state index contributed by atoms with van der Waals surface area (Å²) in [4.78, 5) is 24.2. The van der Waals surface area contributed by atoms with Gasteiger partial charge in [0.25, 0.3) is 0 Å². The number of nitrogens with one attached hydrogen (secondary N) is 1. The maximum Gasteiger partial charge on any atom is 0.329 e. The molecule has 1 saturated carbocycles. The first-order chi connectivity index (χ1) is 13.2. The molecular weight excluding hydrogens is 344 g/mol. The first-order valence-corrected chi connectivity index (χ1v) is 9.48. The van der Waals surface area contributed by atoms with Crippen molar-refractivity contribution in [1.82, 2.24) is 14.9 Å². The fraction of sp³-hybridized carbons (Fsp3) is 0.474. The maximum absolute atomic E-state index is 11.2. The van der Waals surface area contributed by atoms with Crippen LogP contribution >= 0.6 is 0 Å². The SMILES string of the molecule is O=[N+]([O-])c1cnc(N2CCCN(Cc3ccccc3)CC2)nc1NC1CC1. The van der Waals surface area contributed by atoms with E-state index in [0.717, 1.165) is 52.0 Å². The van der Waals surface area contributed by atoms with Gasteiger partial charge >= 0.3 is 5.69 Å². The molecule has 2 fully saturated rings. The van der Waals surface area contributed by atoms with Crippen LogP contribution in [0.4, 0.5) is 17.5 Å². The smallest absolute Gasteiger partial charge is 0.329 e. The molecule has 4 rings (SSSR count). The molecular formula is C19H24N6O2. The van der Waals surface area contributed by atoms with E-state index in [1.165, 1.54) is 11.8 Å². The van der Waals surface area contributed by atoms with Crippen LogP contribution in [0.2, 0.25) is 0 Å². The lowest BCUT2D eigenvalue weighted by Crippen LogP contribution is -2.31. The van der Waals surface area contributed by atoms with E-state index in [4.69, 9.17) is 0 Å². The maximum atomic E-state index is 11.2. The van der Waals surface area contributed by atoms with Crippen LogP contribution in [0.5, 0.6) is 0 Å². The van der Waals surface area contributed by atoms with Crippen molar-refractivity contribution in [2.24, 2.45) is 0 Å². The summed E-state index contributed by atoms with van der Waals surface area (Å²) in [5, 5.41) is 14.4. The number of hydrogen-bond donors (Lipinski definition) is 1. The largest absolute Gasteiger partial charge is 0.361 e. The molecule has 1 aliphatic heterocycles. The van der Waals surface area contributed by atoms with Crippen LogP contribution in [0.1, 0.15) is 24.8 Å². The Morgan fingerprint density at radius 1 is 1.15 bits per heavy atom. The van der Waals surface area contributed by atoms with Gasteiger partial charge in [0.2, 0.25) is 11.8 Å². The Hall–Kier alpha value is -2.74.